The van der Waals surface area contributed by atoms with Crippen LogP contribution in [-0.2, 0) is 0 Å². The lowest BCUT2D eigenvalue weighted by molar-refractivity contribution is 1.14. The molecule has 0 atom stereocenters. The number of nitrogens with zero attached hydrogens (tertiary/aromatic N) is 2. The minimum Gasteiger partial charge on any atom is -0.397 e. The third-order valence-corrected chi connectivity index (χ3v) is 7.07. The van der Waals surface area contributed by atoms with Crippen molar-refractivity contribution in [3.05, 3.63) is 109 Å². The molecule has 5 aromatic carbocycles. The van der Waals surface area contributed by atoms with Crippen molar-refractivity contribution >= 4 is 55.0 Å². The van der Waals surface area contributed by atoms with Crippen molar-refractivity contribution in [1.29, 1.82) is 0 Å². The summed E-state index contributed by atoms with van der Waals surface area (Å²) in [6.07, 6.45) is 0. The van der Waals surface area contributed by atoms with E-state index >= 15 is 0 Å². The van der Waals surface area contributed by atoms with Gasteiger partial charge in [0.05, 0.1) is 44.8 Å². The molecule has 7 aromatic rings. The number of para-hydroxylation sites is 3. The Balaban J connectivity index is 1.61. The van der Waals surface area contributed by atoms with Crippen molar-refractivity contribution in [2.45, 2.75) is 6.92 Å². The van der Waals surface area contributed by atoms with E-state index in [-0.39, 0.29) is 0 Å². The molecule has 0 aliphatic carbocycles. The van der Waals surface area contributed by atoms with Crippen molar-refractivity contribution in [2.75, 3.05) is 11.5 Å². The third-order valence-electron chi connectivity index (χ3n) is 7.07. The molecule has 0 unspecified atom stereocenters. The number of hydrogen-bond donors (Lipinski definition) is 2. The highest BCUT2D eigenvalue weighted by Crippen LogP contribution is 2.39. The van der Waals surface area contributed by atoms with E-state index in [1.807, 2.05) is 6.07 Å². The largest absolute Gasteiger partial charge is 0.397 e. The topological polar surface area (TPSA) is 61.9 Å². The van der Waals surface area contributed by atoms with Crippen molar-refractivity contribution in [1.82, 2.24) is 9.13 Å². The highest BCUT2D eigenvalue weighted by Gasteiger charge is 2.18. The van der Waals surface area contributed by atoms with Crippen LogP contribution in [0.3, 0.4) is 0 Å². The number of fused-ring (bicyclic) bond motifs is 6. The van der Waals surface area contributed by atoms with Crippen molar-refractivity contribution in [3.63, 3.8) is 0 Å². The molecular weight excluding hydrogens is 428 g/mol. The molecule has 0 saturated heterocycles. The Labute approximate surface area is 202 Å². The Morgan fingerprint density at radius 1 is 0.457 bits per heavy atom. The standard InChI is InChI=1S/C31H24N4/c1-19-14-15-29-23(16-19)22-10-4-7-13-28(22)35(29)31-18-30(24(32)17-25(31)33)34-26-11-5-2-8-20(26)21-9-3-6-12-27(21)34/h2-18H,32-33H2,1H3. The lowest BCUT2D eigenvalue weighted by Gasteiger charge is -2.17. The number of nitrogens with two attached hydrogens (primary N) is 2. The number of benzene rings is 5. The monoisotopic (exact) mass is 452 g/mol. The molecule has 0 spiro atoms. The van der Waals surface area contributed by atoms with Crippen molar-refractivity contribution in [3.8, 4) is 11.4 Å². The first-order valence-corrected chi connectivity index (χ1v) is 11.8. The maximum absolute atomic E-state index is 6.66. The summed E-state index contributed by atoms with van der Waals surface area (Å²) in [5.41, 5.74) is 22.2. The van der Waals surface area contributed by atoms with E-state index in [1.54, 1.807) is 0 Å². The second kappa shape index (κ2) is 7.15. The van der Waals surface area contributed by atoms with Gasteiger partial charge in [0.15, 0.2) is 0 Å². The van der Waals surface area contributed by atoms with Crippen LogP contribution in [-0.4, -0.2) is 9.13 Å². The molecule has 0 amide bonds. The van der Waals surface area contributed by atoms with Crippen LogP contribution in [0.15, 0.2) is 103 Å². The Bertz CT molecular complexity index is 1880. The normalized spacial score (nSPS) is 11.8. The summed E-state index contributed by atoms with van der Waals surface area (Å²) in [4.78, 5) is 0. The van der Waals surface area contributed by atoms with Gasteiger partial charge in [-0.3, -0.25) is 0 Å². The fourth-order valence-electron chi connectivity index (χ4n) is 5.53. The molecule has 0 radical (unpaired) electrons. The zero-order valence-electron chi connectivity index (χ0n) is 19.4. The van der Waals surface area contributed by atoms with Crippen molar-refractivity contribution < 1.29 is 0 Å². The first kappa shape index (κ1) is 19.7. The van der Waals surface area contributed by atoms with Crippen LogP contribution in [0.5, 0.6) is 0 Å². The molecular formula is C31H24N4. The van der Waals surface area contributed by atoms with Crippen LogP contribution in [0.1, 0.15) is 5.56 Å². The summed E-state index contributed by atoms with van der Waals surface area (Å²) >= 11 is 0. The molecule has 0 saturated carbocycles. The van der Waals surface area contributed by atoms with Crippen LogP contribution >= 0.6 is 0 Å². The van der Waals surface area contributed by atoms with E-state index in [2.05, 4.69) is 113 Å². The minimum absolute atomic E-state index is 0.648. The average Bonchev–Trinajstić information content (AvgIpc) is 3.37. The van der Waals surface area contributed by atoms with E-state index in [1.165, 1.54) is 27.1 Å². The van der Waals surface area contributed by atoms with Gasteiger partial charge in [-0.1, -0.05) is 66.2 Å². The summed E-state index contributed by atoms with van der Waals surface area (Å²) in [5, 5.41) is 4.83. The first-order valence-electron chi connectivity index (χ1n) is 11.8. The fourth-order valence-corrected chi connectivity index (χ4v) is 5.53. The summed E-state index contributed by atoms with van der Waals surface area (Å²) in [6.45, 7) is 2.13. The zero-order chi connectivity index (χ0) is 23.7. The van der Waals surface area contributed by atoms with Gasteiger partial charge in [-0.05, 0) is 49.4 Å². The maximum Gasteiger partial charge on any atom is 0.0714 e. The first-order chi connectivity index (χ1) is 17.1. The molecule has 7 rings (SSSR count). The van der Waals surface area contributed by atoms with Gasteiger partial charge in [0.2, 0.25) is 0 Å². The molecule has 4 N–H and O–H groups in total. The molecule has 4 nitrogen and oxygen atoms in total. The number of aryl methyl sites for hydroxylation is 1. The third kappa shape index (κ3) is 2.74. The average molecular weight is 453 g/mol. The lowest BCUT2D eigenvalue weighted by Crippen LogP contribution is -2.06. The Morgan fingerprint density at radius 2 is 0.886 bits per heavy atom. The number of hydrogen-bond acceptors (Lipinski definition) is 2. The molecule has 0 aliphatic rings. The number of aromatic nitrogens is 2. The molecule has 4 heteroatoms. The smallest absolute Gasteiger partial charge is 0.0714 e. The van der Waals surface area contributed by atoms with Crippen LogP contribution in [0.25, 0.3) is 55.0 Å². The summed E-state index contributed by atoms with van der Waals surface area (Å²) < 4.78 is 4.51. The van der Waals surface area contributed by atoms with Gasteiger partial charge in [-0.25, -0.2) is 0 Å². The SMILES string of the molecule is Cc1ccc2c(c1)c1ccccc1n2-c1cc(-n2c3ccccc3c3ccccc32)c(N)cc1N. The second-order valence-corrected chi connectivity index (χ2v) is 9.21. The number of rotatable bonds is 2. The highest BCUT2D eigenvalue weighted by molar-refractivity contribution is 6.11. The van der Waals surface area contributed by atoms with E-state index < -0.39 is 0 Å². The Morgan fingerprint density at radius 3 is 1.40 bits per heavy atom. The van der Waals surface area contributed by atoms with Crippen LogP contribution in [0.2, 0.25) is 0 Å². The summed E-state index contributed by atoms with van der Waals surface area (Å²) in [7, 11) is 0. The Kier molecular flexibility index (Phi) is 4.03. The van der Waals surface area contributed by atoms with Gasteiger partial charge in [-0.2, -0.15) is 0 Å². The molecule has 0 bridgehead atoms. The molecule has 0 aliphatic heterocycles. The molecule has 2 heterocycles. The minimum atomic E-state index is 0.648. The van der Waals surface area contributed by atoms with Gasteiger partial charge in [0, 0.05) is 21.5 Å². The highest BCUT2D eigenvalue weighted by atomic mass is 15.0. The Hall–Kier alpha value is -4.70. The molecule has 35 heavy (non-hydrogen) atoms. The predicted molar refractivity (Wildman–Crippen MR) is 149 cm³/mol. The summed E-state index contributed by atoms with van der Waals surface area (Å²) in [6, 6.07) is 36.0. The van der Waals surface area contributed by atoms with Gasteiger partial charge < -0.3 is 20.6 Å². The summed E-state index contributed by atoms with van der Waals surface area (Å²) in [5.74, 6) is 0. The van der Waals surface area contributed by atoms with Crippen LogP contribution in [0, 0.1) is 6.92 Å². The predicted octanol–water partition coefficient (Wildman–Crippen LogP) is 7.35. The molecule has 0 fully saturated rings. The lowest BCUT2D eigenvalue weighted by atomic mass is 10.1. The molecule has 168 valence electrons. The molecule has 2 aromatic heterocycles. The second-order valence-electron chi connectivity index (χ2n) is 9.21. The van der Waals surface area contributed by atoms with Gasteiger partial charge in [0.1, 0.15) is 0 Å². The number of nitrogen functional groups attached to an aromatic ring is 2. The van der Waals surface area contributed by atoms with Crippen LogP contribution in [0.4, 0.5) is 11.4 Å². The van der Waals surface area contributed by atoms with Gasteiger partial charge in [0.25, 0.3) is 0 Å². The van der Waals surface area contributed by atoms with E-state index in [0.29, 0.717) is 11.4 Å². The van der Waals surface area contributed by atoms with Crippen LogP contribution < -0.4 is 11.5 Å². The van der Waals surface area contributed by atoms with E-state index in [0.717, 1.165) is 33.4 Å². The van der Waals surface area contributed by atoms with E-state index in [4.69, 9.17) is 11.5 Å². The van der Waals surface area contributed by atoms with Gasteiger partial charge >= 0.3 is 0 Å². The van der Waals surface area contributed by atoms with Crippen molar-refractivity contribution in [2.24, 2.45) is 0 Å². The fraction of sp³-hybridized carbons (Fsp3) is 0.0323. The number of anilines is 2. The van der Waals surface area contributed by atoms with E-state index in [9.17, 15) is 0 Å². The zero-order valence-corrected chi connectivity index (χ0v) is 19.4. The maximum atomic E-state index is 6.66. The van der Waals surface area contributed by atoms with Gasteiger partial charge in [-0.15, -0.1) is 0 Å². The quantitative estimate of drug-likeness (QED) is 0.269.